The Hall–Kier alpha value is -0.400. The van der Waals surface area contributed by atoms with Gasteiger partial charge in [0.05, 0.1) is 99.1 Å². The van der Waals surface area contributed by atoms with Crippen LogP contribution in [-0.4, -0.2) is 139 Å². The molecule has 0 aliphatic heterocycles. The molecule has 0 aromatic rings. The molecule has 0 saturated carbocycles. The van der Waals surface area contributed by atoms with E-state index in [0.29, 0.717) is 119 Å². The third-order valence-electron chi connectivity index (χ3n) is 4.64. The van der Waals surface area contributed by atoms with E-state index in [1.807, 2.05) is 20.8 Å². The minimum absolute atomic E-state index is 0.585. The number of ether oxygens (including phenoxy) is 9. The molecule has 10 nitrogen and oxygen atoms in total. The summed E-state index contributed by atoms with van der Waals surface area (Å²) in [6, 6.07) is 0. The zero-order valence-electron chi connectivity index (χ0n) is 22.0. The summed E-state index contributed by atoms with van der Waals surface area (Å²) in [6.45, 7) is 20.0. The van der Waals surface area contributed by atoms with Gasteiger partial charge in [-0.05, 0) is 20.8 Å². The molecule has 0 saturated heterocycles. The summed E-state index contributed by atoms with van der Waals surface area (Å²) in [5.41, 5.74) is 0. The minimum atomic E-state index is 0.585. The van der Waals surface area contributed by atoms with E-state index in [2.05, 4.69) is 0 Å². The molecule has 1 N–H and O–H groups in total. The third-order valence-corrected chi connectivity index (χ3v) is 4.64. The second-order valence-corrected chi connectivity index (χ2v) is 7.27. The molecular weight excluding hydrogens is 446 g/mol. The summed E-state index contributed by atoms with van der Waals surface area (Å²) >= 11 is 0. The smallest absolute Gasteiger partial charge is 0.101 e. The number of quaternary nitrogens is 1. The number of nitrogens with one attached hydrogen (secondary N) is 1. The van der Waals surface area contributed by atoms with Crippen LogP contribution >= 0.6 is 0 Å². The Labute approximate surface area is 207 Å². The SMILES string of the molecule is CCOCCOCCOCC[NH+](CCOCCOCCOCC)CCOCCOCCOCC. The molecule has 34 heavy (non-hydrogen) atoms. The first-order valence-electron chi connectivity index (χ1n) is 12.9. The standard InChI is InChI=1S/C24H51NO9/c1-4-26-13-16-32-22-19-29-10-7-25(8-11-30-20-23-33-17-14-27-5-2)9-12-31-21-24-34-18-15-28-6-3/h4-24H2,1-3H3/p+1. The molecule has 206 valence electrons. The lowest BCUT2D eigenvalue weighted by atomic mass is 10.4. The van der Waals surface area contributed by atoms with Crippen LogP contribution in [0.3, 0.4) is 0 Å². The van der Waals surface area contributed by atoms with Gasteiger partial charge in [-0.2, -0.15) is 0 Å². The van der Waals surface area contributed by atoms with E-state index in [4.69, 9.17) is 42.6 Å². The van der Waals surface area contributed by atoms with E-state index in [1.165, 1.54) is 4.90 Å². The van der Waals surface area contributed by atoms with Crippen molar-refractivity contribution < 1.29 is 47.5 Å². The monoisotopic (exact) mass is 498 g/mol. The molecule has 0 amide bonds. The fourth-order valence-electron chi connectivity index (χ4n) is 2.78. The molecule has 0 aliphatic carbocycles. The topological polar surface area (TPSA) is 87.5 Å². The summed E-state index contributed by atoms with van der Waals surface area (Å²) in [6.07, 6.45) is 0. The molecule has 0 unspecified atom stereocenters. The quantitative estimate of drug-likeness (QED) is 0.138. The zero-order chi connectivity index (χ0) is 24.8. The predicted molar refractivity (Wildman–Crippen MR) is 130 cm³/mol. The van der Waals surface area contributed by atoms with Crippen molar-refractivity contribution in [3.8, 4) is 0 Å². The van der Waals surface area contributed by atoms with Gasteiger partial charge >= 0.3 is 0 Å². The van der Waals surface area contributed by atoms with Gasteiger partial charge in [0.2, 0.25) is 0 Å². The molecule has 0 spiro atoms. The zero-order valence-corrected chi connectivity index (χ0v) is 22.0. The normalized spacial score (nSPS) is 11.6. The molecule has 0 radical (unpaired) electrons. The van der Waals surface area contributed by atoms with Crippen molar-refractivity contribution in [2.24, 2.45) is 0 Å². The Bertz CT molecular complexity index is 315. The van der Waals surface area contributed by atoms with Crippen LogP contribution in [0.4, 0.5) is 0 Å². The fraction of sp³-hybridized carbons (Fsp3) is 1.00. The van der Waals surface area contributed by atoms with Crippen molar-refractivity contribution in [2.75, 3.05) is 139 Å². The van der Waals surface area contributed by atoms with Gasteiger partial charge in [-0.25, -0.2) is 0 Å². The Balaban J connectivity index is 3.85. The average molecular weight is 499 g/mol. The van der Waals surface area contributed by atoms with Gasteiger partial charge < -0.3 is 47.5 Å². The average Bonchev–Trinajstić information content (AvgIpc) is 2.85. The molecule has 10 heteroatoms. The Morgan fingerprint density at radius 1 is 0.294 bits per heavy atom. The van der Waals surface area contributed by atoms with Crippen LogP contribution in [0.5, 0.6) is 0 Å². The van der Waals surface area contributed by atoms with E-state index in [1.54, 1.807) is 0 Å². The van der Waals surface area contributed by atoms with Crippen molar-refractivity contribution in [1.82, 2.24) is 0 Å². The first-order chi connectivity index (χ1) is 16.8. The van der Waals surface area contributed by atoms with E-state index < -0.39 is 0 Å². The Morgan fingerprint density at radius 2 is 0.500 bits per heavy atom. The summed E-state index contributed by atoms with van der Waals surface area (Å²) < 4.78 is 49.3. The van der Waals surface area contributed by atoms with Crippen LogP contribution in [0, 0.1) is 0 Å². The lowest BCUT2D eigenvalue weighted by Gasteiger charge is -2.20. The van der Waals surface area contributed by atoms with Crippen LogP contribution < -0.4 is 4.90 Å². The highest BCUT2D eigenvalue weighted by atomic mass is 16.6. The van der Waals surface area contributed by atoms with Gasteiger partial charge in [0, 0.05) is 19.8 Å². The van der Waals surface area contributed by atoms with Crippen molar-refractivity contribution in [2.45, 2.75) is 20.8 Å². The van der Waals surface area contributed by atoms with Crippen LogP contribution in [0.15, 0.2) is 0 Å². The molecular formula is C24H52NO9+. The second kappa shape index (κ2) is 30.6. The maximum atomic E-state index is 5.72. The van der Waals surface area contributed by atoms with Gasteiger partial charge in [-0.15, -0.1) is 0 Å². The highest BCUT2D eigenvalue weighted by molar-refractivity contribution is 4.39. The van der Waals surface area contributed by atoms with Gasteiger partial charge in [0.1, 0.15) is 19.6 Å². The van der Waals surface area contributed by atoms with E-state index in [9.17, 15) is 0 Å². The first-order valence-corrected chi connectivity index (χ1v) is 12.9. The Morgan fingerprint density at radius 3 is 0.735 bits per heavy atom. The minimum Gasteiger partial charge on any atom is -0.379 e. The number of hydrogen-bond donors (Lipinski definition) is 1. The molecule has 0 atom stereocenters. The Kier molecular flexibility index (Phi) is 30.3. The van der Waals surface area contributed by atoms with E-state index >= 15 is 0 Å². The van der Waals surface area contributed by atoms with Gasteiger partial charge in [0.25, 0.3) is 0 Å². The summed E-state index contributed by atoms with van der Waals surface area (Å²) in [5, 5.41) is 0. The van der Waals surface area contributed by atoms with Crippen molar-refractivity contribution in [1.29, 1.82) is 0 Å². The molecule has 0 aliphatic rings. The summed E-state index contributed by atoms with van der Waals surface area (Å²) in [5.74, 6) is 0. The van der Waals surface area contributed by atoms with E-state index in [0.717, 1.165) is 19.6 Å². The van der Waals surface area contributed by atoms with Crippen LogP contribution in [0.1, 0.15) is 20.8 Å². The highest BCUT2D eigenvalue weighted by Crippen LogP contribution is 1.83. The molecule has 0 bridgehead atoms. The maximum Gasteiger partial charge on any atom is 0.101 e. The van der Waals surface area contributed by atoms with Crippen molar-refractivity contribution in [3.05, 3.63) is 0 Å². The molecule has 0 heterocycles. The van der Waals surface area contributed by atoms with Crippen LogP contribution in [0.25, 0.3) is 0 Å². The fourth-order valence-corrected chi connectivity index (χ4v) is 2.78. The van der Waals surface area contributed by atoms with Crippen LogP contribution in [0.2, 0.25) is 0 Å². The lowest BCUT2D eigenvalue weighted by molar-refractivity contribution is -0.901. The molecule has 0 rings (SSSR count). The van der Waals surface area contributed by atoms with Gasteiger partial charge in [-0.3, -0.25) is 0 Å². The largest absolute Gasteiger partial charge is 0.379 e. The summed E-state index contributed by atoms with van der Waals surface area (Å²) in [7, 11) is 0. The van der Waals surface area contributed by atoms with Gasteiger partial charge in [0.15, 0.2) is 0 Å². The van der Waals surface area contributed by atoms with Gasteiger partial charge in [-0.1, -0.05) is 0 Å². The van der Waals surface area contributed by atoms with Crippen LogP contribution in [-0.2, 0) is 42.6 Å². The number of hydrogen-bond acceptors (Lipinski definition) is 9. The third kappa shape index (κ3) is 27.8. The first kappa shape index (κ1) is 33.6. The molecule has 0 fully saturated rings. The molecule has 0 aromatic heterocycles. The predicted octanol–water partition coefficient (Wildman–Crippen LogP) is 0.0804. The van der Waals surface area contributed by atoms with E-state index in [-0.39, 0.29) is 0 Å². The maximum absolute atomic E-state index is 5.72. The van der Waals surface area contributed by atoms with Crippen molar-refractivity contribution >= 4 is 0 Å². The van der Waals surface area contributed by atoms with Crippen molar-refractivity contribution in [3.63, 3.8) is 0 Å². The summed E-state index contributed by atoms with van der Waals surface area (Å²) in [4.78, 5) is 1.38. The molecule has 0 aromatic carbocycles. The second-order valence-electron chi connectivity index (χ2n) is 7.27. The number of rotatable bonds is 30. The lowest BCUT2D eigenvalue weighted by Crippen LogP contribution is -3.13. The highest BCUT2D eigenvalue weighted by Gasteiger charge is 2.09.